The number of halogens is 1. The van der Waals surface area contributed by atoms with E-state index < -0.39 is 24.2 Å². The highest BCUT2D eigenvalue weighted by Gasteiger charge is 2.44. The van der Waals surface area contributed by atoms with Gasteiger partial charge in [0.15, 0.2) is 0 Å². The monoisotopic (exact) mass is 516 g/mol. The minimum Gasteiger partial charge on any atom is -0.448 e. The average molecular weight is 517 g/mol. The van der Waals surface area contributed by atoms with Gasteiger partial charge in [-0.3, -0.25) is 14.9 Å². The van der Waals surface area contributed by atoms with Crippen LogP contribution in [0.3, 0.4) is 0 Å². The van der Waals surface area contributed by atoms with Crippen LogP contribution in [0.4, 0.5) is 10.5 Å². The molecule has 1 atom stereocenters. The molecule has 2 aromatic rings. The van der Waals surface area contributed by atoms with E-state index in [1.165, 1.54) is 4.90 Å². The number of likely N-dealkylation sites (tertiary alicyclic amines) is 1. The third kappa shape index (κ3) is 6.96. The first-order chi connectivity index (χ1) is 17.3. The average Bonchev–Trinajstić information content (AvgIpc) is 2.91. The molecule has 1 heterocycles. The predicted molar refractivity (Wildman–Crippen MR) is 137 cm³/mol. The summed E-state index contributed by atoms with van der Waals surface area (Å²) < 4.78 is 5.50. The number of hydrogen-bond donors (Lipinski definition) is 4. The second kappa shape index (κ2) is 12.7. The van der Waals surface area contributed by atoms with Crippen molar-refractivity contribution in [2.45, 2.75) is 38.8 Å². The lowest BCUT2D eigenvalue weighted by Crippen LogP contribution is -2.55. The molecule has 10 heteroatoms. The van der Waals surface area contributed by atoms with E-state index >= 15 is 0 Å². The zero-order chi connectivity index (χ0) is 26.1. The first-order valence-corrected chi connectivity index (χ1v) is 12.4. The highest BCUT2D eigenvalue weighted by molar-refractivity contribution is 6.31. The summed E-state index contributed by atoms with van der Waals surface area (Å²) in [4.78, 5) is 39.8. The number of rotatable bonds is 9. The number of benzene rings is 2. The van der Waals surface area contributed by atoms with E-state index in [1.54, 1.807) is 24.3 Å². The van der Waals surface area contributed by atoms with Gasteiger partial charge in [-0.2, -0.15) is 0 Å². The van der Waals surface area contributed by atoms with Gasteiger partial charge in [0, 0.05) is 30.3 Å². The Kier molecular flexibility index (Phi) is 9.69. The van der Waals surface area contributed by atoms with Crippen LogP contribution < -0.4 is 16.4 Å². The standard InChI is InChI=1S/C26H33ClN4O5/c1-2-18-7-9-20(10-8-18)30-25(35)36-17-26(11-13-31(14-12-26)23(33)22(28)16-32)24(34)29-15-19-5-3-4-6-21(19)27/h3-10,22,32H,2,11-17,28H2,1H3,(H,29,34)(H,30,35)/t22-/m0/s1. The number of nitrogens with two attached hydrogens (primary N) is 1. The molecule has 36 heavy (non-hydrogen) atoms. The molecule has 3 rings (SSSR count). The largest absolute Gasteiger partial charge is 0.448 e. The van der Waals surface area contributed by atoms with E-state index in [2.05, 4.69) is 10.6 Å². The smallest absolute Gasteiger partial charge is 0.411 e. The fourth-order valence-electron chi connectivity index (χ4n) is 4.09. The Labute approximate surface area is 215 Å². The molecule has 3 amide bonds. The summed E-state index contributed by atoms with van der Waals surface area (Å²) in [5, 5.41) is 15.3. The summed E-state index contributed by atoms with van der Waals surface area (Å²) in [7, 11) is 0. The SMILES string of the molecule is CCc1ccc(NC(=O)OCC2(C(=O)NCc3ccccc3Cl)CCN(C(=O)[C@@H](N)CO)CC2)cc1. The normalized spacial score (nSPS) is 15.6. The molecule has 9 nitrogen and oxygen atoms in total. The molecule has 0 aliphatic carbocycles. The molecule has 0 aromatic heterocycles. The van der Waals surface area contributed by atoms with E-state index in [0.29, 0.717) is 10.7 Å². The van der Waals surface area contributed by atoms with E-state index in [4.69, 9.17) is 22.1 Å². The van der Waals surface area contributed by atoms with Crippen molar-refractivity contribution in [2.75, 3.05) is 31.6 Å². The van der Waals surface area contributed by atoms with Gasteiger partial charge in [0.1, 0.15) is 12.6 Å². The van der Waals surface area contributed by atoms with Gasteiger partial charge in [0.25, 0.3) is 0 Å². The molecule has 5 N–H and O–H groups in total. The molecule has 0 saturated carbocycles. The Hall–Kier alpha value is -3.14. The van der Waals surface area contributed by atoms with Crippen molar-refractivity contribution in [1.29, 1.82) is 0 Å². The summed E-state index contributed by atoms with van der Waals surface area (Å²) in [6.07, 6.45) is 0.755. The number of nitrogens with zero attached hydrogens (tertiary/aromatic N) is 1. The Bertz CT molecular complexity index is 1050. The van der Waals surface area contributed by atoms with Gasteiger partial charge in [0.2, 0.25) is 11.8 Å². The van der Waals surface area contributed by atoms with Crippen LogP contribution >= 0.6 is 11.6 Å². The van der Waals surface area contributed by atoms with Crippen molar-refractivity contribution >= 4 is 35.2 Å². The number of aliphatic hydroxyl groups excluding tert-OH is 1. The van der Waals surface area contributed by atoms with Gasteiger partial charge >= 0.3 is 6.09 Å². The van der Waals surface area contributed by atoms with Crippen LogP contribution in [-0.2, 0) is 27.3 Å². The number of aryl methyl sites for hydroxylation is 1. The molecule has 194 valence electrons. The van der Waals surface area contributed by atoms with E-state index in [1.807, 2.05) is 31.2 Å². The Morgan fingerprint density at radius 1 is 1.14 bits per heavy atom. The maximum absolute atomic E-state index is 13.4. The molecule has 0 bridgehead atoms. The van der Waals surface area contributed by atoms with Crippen molar-refractivity contribution in [2.24, 2.45) is 11.1 Å². The lowest BCUT2D eigenvalue weighted by molar-refractivity contribution is -0.144. The van der Waals surface area contributed by atoms with Crippen molar-refractivity contribution in [3.8, 4) is 0 Å². The lowest BCUT2D eigenvalue weighted by Gasteiger charge is -2.40. The topological polar surface area (TPSA) is 134 Å². The fourth-order valence-corrected chi connectivity index (χ4v) is 4.29. The lowest BCUT2D eigenvalue weighted by atomic mass is 9.78. The van der Waals surface area contributed by atoms with Crippen LogP contribution in [0, 0.1) is 5.41 Å². The quantitative estimate of drug-likeness (QED) is 0.405. The number of hydrogen-bond acceptors (Lipinski definition) is 6. The molecule has 1 saturated heterocycles. The first kappa shape index (κ1) is 27.4. The number of ether oxygens (including phenoxy) is 1. The minimum absolute atomic E-state index is 0.158. The van der Waals surface area contributed by atoms with Crippen LogP contribution in [0.25, 0.3) is 0 Å². The summed E-state index contributed by atoms with van der Waals surface area (Å²) in [5.74, 6) is -0.669. The highest BCUT2D eigenvalue weighted by atomic mass is 35.5. The maximum Gasteiger partial charge on any atom is 0.411 e. The molecular weight excluding hydrogens is 484 g/mol. The van der Waals surface area contributed by atoms with Gasteiger partial charge < -0.3 is 25.8 Å². The molecule has 2 aromatic carbocycles. The zero-order valence-electron chi connectivity index (χ0n) is 20.3. The predicted octanol–water partition coefficient (Wildman–Crippen LogP) is 2.70. The molecule has 1 fully saturated rings. The van der Waals surface area contributed by atoms with E-state index in [-0.39, 0.29) is 50.9 Å². The number of carbonyl (C=O) groups is 3. The zero-order valence-corrected chi connectivity index (χ0v) is 21.1. The molecule has 0 spiro atoms. The molecule has 1 aliphatic rings. The van der Waals surface area contributed by atoms with E-state index in [0.717, 1.165) is 17.5 Å². The molecular formula is C26H33ClN4O5. The van der Waals surface area contributed by atoms with Crippen LogP contribution in [0.5, 0.6) is 0 Å². The summed E-state index contributed by atoms with van der Waals surface area (Å²) in [6.45, 7) is 2.14. The number of anilines is 1. The maximum atomic E-state index is 13.4. The third-order valence-electron chi connectivity index (χ3n) is 6.51. The Morgan fingerprint density at radius 2 is 1.81 bits per heavy atom. The van der Waals surface area contributed by atoms with Gasteiger partial charge in [-0.25, -0.2) is 4.79 Å². The first-order valence-electron chi connectivity index (χ1n) is 12.0. The second-order valence-corrected chi connectivity index (χ2v) is 9.33. The number of aliphatic hydroxyl groups is 1. The van der Waals surface area contributed by atoms with Crippen molar-refractivity contribution in [3.05, 3.63) is 64.7 Å². The van der Waals surface area contributed by atoms with Crippen LogP contribution in [0.1, 0.15) is 30.9 Å². The number of nitrogens with one attached hydrogen (secondary N) is 2. The van der Waals surface area contributed by atoms with E-state index in [9.17, 15) is 19.5 Å². The highest BCUT2D eigenvalue weighted by Crippen LogP contribution is 2.33. The number of amides is 3. The minimum atomic E-state index is -1.04. The summed E-state index contributed by atoms with van der Waals surface area (Å²) >= 11 is 6.22. The fraction of sp³-hybridized carbons (Fsp3) is 0.423. The number of piperidine rings is 1. The second-order valence-electron chi connectivity index (χ2n) is 8.92. The third-order valence-corrected chi connectivity index (χ3v) is 6.88. The van der Waals surface area contributed by atoms with Gasteiger partial charge in [-0.15, -0.1) is 0 Å². The Balaban J connectivity index is 1.67. The van der Waals surface area contributed by atoms with Crippen molar-refractivity contribution < 1.29 is 24.2 Å². The number of carbonyl (C=O) groups excluding carboxylic acids is 3. The summed E-state index contributed by atoms with van der Waals surface area (Å²) in [5.41, 5.74) is 7.14. The summed E-state index contributed by atoms with van der Waals surface area (Å²) in [6, 6.07) is 13.6. The molecule has 0 radical (unpaired) electrons. The molecule has 1 aliphatic heterocycles. The Morgan fingerprint density at radius 3 is 2.42 bits per heavy atom. The van der Waals surface area contributed by atoms with Crippen LogP contribution in [-0.4, -0.2) is 60.3 Å². The van der Waals surface area contributed by atoms with Gasteiger partial charge in [0.05, 0.1) is 12.0 Å². The van der Waals surface area contributed by atoms with Crippen LogP contribution in [0.2, 0.25) is 5.02 Å². The molecule has 0 unspecified atom stereocenters. The van der Waals surface area contributed by atoms with Crippen molar-refractivity contribution in [3.63, 3.8) is 0 Å². The van der Waals surface area contributed by atoms with Gasteiger partial charge in [-0.05, 0) is 48.6 Å². The van der Waals surface area contributed by atoms with Gasteiger partial charge in [-0.1, -0.05) is 48.9 Å². The van der Waals surface area contributed by atoms with Crippen LogP contribution in [0.15, 0.2) is 48.5 Å². The van der Waals surface area contributed by atoms with Crippen molar-refractivity contribution in [1.82, 2.24) is 10.2 Å².